The predicted octanol–water partition coefficient (Wildman–Crippen LogP) is 4.38. The molecule has 162 valence electrons. The van der Waals surface area contributed by atoms with Crippen molar-refractivity contribution in [2.24, 2.45) is 0 Å². The summed E-state index contributed by atoms with van der Waals surface area (Å²) in [5.41, 5.74) is 1.31. The standard InChI is InChI=1S/C25H23N3O3S/c1-25(19-12-6-3-7-13-19)23(30)28(24(31)27-25)16-22(29)26-20-14-8-9-15-21(20)32-17-18-10-4-2-5-11-18/h2-15H,16-17H2,1H3,(H,26,29)(H,27,31)/t25-/m1/s1. The van der Waals surface area contributed by atoms with Crippen LogP contribution in [0.25, 0.3) is 0 Å². The van der Waals surface area contributed by atoms with Gasteiger partial charge in [-0.05, 0) is 30.2 Å². The van der Waals surface area contributed by atoms with Gasteiger partial charge < -0.3 is 10.6 Å². The number of para-hydroxylation sites is 1. The third-order valence-corrected chi connectivity index (χ3v) is 6.47. The number of rotatable bonds is 7. The van der Waals surface area contributed by atoms with Crippen LogP contribution in [0.15, 0.2) is 89.8 Å². The van der Waals surface area contributed by atoms with E-state index < -0.39 is 23.4 Å². The predicted molar refractivity (Wildman–Crippen MR) is 125 cm³/mol. The van der Waals surface area contributed by atoms with Crippen molar-refractivity contribution in [1.82, 2.24) is 10.2 Å². The normalized spacial score (nSPS) is 17.8. The molecule has 0 spiro atoms. The van der Waals surface area contributed by atoms with Gasteiger partial charge in [-0.3, -0.25) is 14.5 Å². The van der Waals surface area contributed by atoms with Crippen LogP contribution in [0, 0.1) is 0 Å². The van der Waals surface area contributed by atoms with Crippen molar-refractivity contribution < 1.29 is 14.4 Å². The summed E-state index contributed by atoms with van der Waals surface area (Å²) in [5.74, 6) is -0.120. The van der Waals surface area contributed by atoms with Crippen LogP contribution in [0.5, 0.6) is 0 Å². The molecule has 2 N–H and O–H groups in total. The van der Waals surface area contributed by atoms with E-state index in [4.69, 9.17) is 0 Å². The Morgan fingerprint density at radius 3 is 2.28 bits per heavy atom. The largest absolute Gasteiger partial charge is 0.325 e. The van der Waals surface area contributed by atoms with E-state index in [0.29, 0.717) is 11.3 Å². The van der Waals surface area contributed by atoms with Gasteiger partial charge in [-0.15, -0.1) is 11.8 Å². The molecule has 7 heteroatoms. The molecule has 3 aromatic carbocycles. The van der Waals surface area contributed by atoms with Crippen LogP contribution in [0.3, 0.4) is 0 Å². The number of nitrogens with zero attached hydrogens (tertiary/aromatic N) is 1. The van der Waals surface area contributed by atoms with E-state index in [-0.39, 0.29) is 6.54 Å². The van der Waals surface area contributed by atoms with E-state index in [0.717, 1.165) is 15.5 Å². The lowest BCUT2D eigenvalue weighted by molar-refractivity contribution is -0.133. The Bertz CT molecular complexity index is 1140. The fourth-order valence-electron chi connectivity index (χ4n) is 3.57. The number of hydrogen-bond donors (Lipinski definition) is 2. The topological polar surface area (TPSA) is 78.5 Å². The first-order valence-electron chi connectivity index (χ1n) is 10.2. The minimum Gasteiger partial charge on any atom is -0.324 e. The van der Waals surface area contributed by atoms with Gasteiger partial charge in [0.2, 0.25) is 5.91 Å². The molecule has 1 atom stereocenters. The molecule has 1 aliphatic heterocycles. The van der Waals surface area contributed by atoms with Crippen LogP contribution in [-0.2, 0) is 20.9 Å². The minimum atomic E-state index is -1.19. The van der Waals surface area contributed by atoms with Gasteiger partial charge in [0.1, 0.15) is 12.1 Å². The van der Waals surface area contributed by atoms with Gasteiger partial charge in [0.05, 0.1) is 5.69 Å². The second-order valence-corrected chi connectivity index (χ2v) is 8.65. The molecule has 32 heavy (non-hydrogen) atoms. The molecule has 0 radical (unpaired) electrons. The zero-order valence-electron chi connectivity index (χ0n) is 17.6. The highest BCUT2D eigenvalue weighted by molar-refractivity contribution is 7.98. The number of nitrogens with one attached hydrogen (secondary N) is 2. The van der Waals surface area contributed by atoms with Gasteiger partial charge in [-0.1, -0.05) is 72.8 Å². The molecule has 3 aromatic rings. The van der Waals surface area contributed by atoms with Crippen LogP contribution in [-0.4, -0.2) is 29.3 Å². The first-order chi connectivity index (χ1) is 15.5. The fourth-order valence-corrected chi connectivity index (χ4v) is 4.54. The summed E-state index contributed by atoms with van der Waals surface area (Å²) < 4.78 is 0. The third kappa shape index (κ3) is 4.53. The van der Waals surface area contributed by atoms with Crippen molar-refractivity contribution in [1.29, 1.82) is 0 Å². The Kier molecular flexibility index (Phi) is 6.28. The first kappa shape index (κ1) is 21.6. The van der Waals surface area contributed by atoms with Crippen LogP contribution in [0.4, 0.5) is 10.5 Å². The second kappa shape index (κ2) is 9.28. The zero-order chi connectivity index (χ0) is 22.6. The molecule has 0 aliphatic carbocycles. The zero-order valence-corrected chi connectivity index (χ0v) is 18.4. The summed E-state index contributed by atoms with van der Waals surface area (Å²) in [4.78, 5) is 40.1. The highest BCUT2D eigenvalue weighted by Crippen LogP contribution is 2.31. The summed E-state index contributed by atoms with van der Waals surface area (Å²) in [6, 6.07) is 26.0. The molecule has 0 saturated carbocycles. The summed E-state index contributed by atoms with van der Waals surface area (Å²) in [5, 5.41) is 5.57. The lowest BCUT2D eigenvalue weighted by Gasteiger charge is -2.22. The maximum atomic E-state index is 13.0. The van der Waals surface area contributed by atoms with Gasteiger partial charge in [-0.2, -0.15) is 0 Å². The van der Waals surface area contributed by atoms with Crippen molar-refractivity contribution in [3.05, 3.63) is 96.1 Å². The number of carbonyl (C=O) groups excluding carboxylic acids is 3. The number of benzene rings is 3. The van der Waals surface area contributed by atoms with E-state index in [1.807, 2.05) is 48.5 Å². The molecule has 1 aliphatic rings. The summed E-state index contributed by atoms with van der Waals surface area (Å²) in [6.07, 6.45) is 0. The van der Waals surface area contributed by atoms with Crippen molar-refractivity contribution in [3.8, 4) is 0 Å². The average molecular weight is 446 g/mol. The number of urea groups is 1. The third-order valence-electron chi connectivity index (χ3n) is 5.33. The molecule has 0 unspecified atom stereocenters. The number of carbonyl (C=O) groups is 3. The quantitative estimate of drug-likeness (QED) is 0.418. The van der Waals surface area contributed by atoms with Crippen molar-refractivity contribution in [2.45, 2.75) is 23.1 Å². The summed E-state index contributed by atoms with van der Waals surface area (Å²) in [7, 11) is 0. The van der Waals surface area contributed by atoms with Crippen LogP contribution < -0.4 is 10.6 Å². The van der Waals surface area contributed by atoms with E-state index in [9.17, 15) is 14.4 Å². The Balaban J connectivity index is 1.43. The molecular formula is C25H23N3O3S. The molecule has 0 bridgehead atoms. The SMILES string of the molecule is C[C@]1(c2ccccc2)NC(=O)N(CC(=O)Nc2ccccc2SCc2ccccc2)C1=O. The van der Waals surface area contributed by atoms with E-state index in [1.54, 1.807) is 43.0 Å². The average Bonchev–Trinajstić information content (AvgIpc) is 3.03. The maximum Gasteiger partial charge on any atom is 0.325 e. The van der Waals surface area contributed by atoms with Gasteiger partial charge in [0.15, 0.2) is 0 Å². The molecule has 1 fully saturated rings. The van der Waals surface area contributed by atoms with Crippen molar-refractivity contribution >= 4 is 35.3 Å². The molecular weight excluding hydrogens is 422 g/mol. The second-order valence-electron chi connectivity index (χ2n) is 7.63. The number of thioether (sulfide) groups is 1. The highest BCUT2D eigenvalue weighted by atomic mass is 32.2. The Labute approximate surface area is 191 Å². The number of imide groups is 1. The Morgan fingerprint density at radius 1 is 0.938 bits per heavy atom. The van der Waals surface area contributed by atoms with Crippen LogP contribution in [0.2, 0.25) is 0 Å². The van der Waals surface area contributed by atoms with Gasteiger partial charge in [-0.25, -0.2) is 4.79 Å². The summed E-state index contributed by atoms with van der Waals surface area (Å²) in [6.45, 7) is 1.29. The Morgan fingerprint density at radius 2 is 1.56 bits per heavy atom. The molecule has 4 amide bonds. The monoisotopic (exact) mass is 445 g/mol. The minimum absolute atomic E-state index is 0.356. The first-order valence-corrected chi connectivity index (χ1v) is 11.2. The molecule has 6 nitrogen and oxygen atoms in total. The van der Waals surface area contributed by atoms with Gasteiger partial charge >= 0.3 is 6.03 Å². The number of amides is 4. The number of anilines is 1. The lowest BCUT2D eigenvalue weighted by Crippen LogP contribution is -2.42. The molecule has 0 aromatic heterocycles. The molecule has 1 heterocycles. The van der Waals surface area contributed by atoms with E-state index in [2.05, 4.69) is 22.8 Å². The van der Waals surface area contributed by atoms with E-state index in [1.165, 1.54) is 5.56 Å². The smallest absolute Gasteiger partial charge is 0.324 e. The van der Waals surface area contributed by atoms with Crippen molar-refractivity contribution in [3.63, 3.8) is 0 Å². The summed E-state index contributed by atoms with van der Waals surface area (Å²) >= 11 is 1.61. The van der Waals surface area contributed by atoms with Gasteiger partial charge in [0.25, 0.3) is 5.91 Å². The van der Waals surface area contributed by atoms with E-state index >= 15 is 0 Å². The number of hydrogen-bond acceptors (Lipinski definition) is 4. The maximum absolute atomic E-state index is 13.0. The van der Waals surface area contributed by atoms with Crippen molar-refractivity contribution in [2.75, 3.05) is 11.9 Å². The van der Waals surface area contributed by atoms with Gasteiger partial charge in [0, 0.05) is 10.6 Å². The lowest BCUT2D eigenvalue weighted by atomic mass is 9.92. The Hall–Kier alpha value is -3.58. The molecule has 1 saturated heterocycles. The van der Waals surface area contributed by atoms with Crippen LogP contribution in [0.1, 0.15) is 18.1 Å². The molecule has 4 rings (SSSR count). The van der Waals surface area contributed by atoms with Crippen LogP contribution >= 0.6 is 11.8 Å². The highest BCUT2D eigenvalue weighted by Gasteiger charge is 2.49. The fraction of sp³-hybridized carbons (Fsp3) is 0.160.